The highest BCUT2D eigenvalue weighted by molar-refractivity contribution is 7.92. The van der Waals surface area contributed by atoms with E-state index < -0.39 is 10.0 Å². The number of halogens is 1. The lowest BCUT2D eigenvalue weighted by molar-refractivity contribution is 0.598. The van der Waals surface area contributed by atoms with E-state index in [-0.39, 0.29) is 16.1 Å². The molecule has 0 spiro atoms. The van der Waals surface area contributed by atoms with Gasteiger partial charge < -0.3 is 4.98 Å². The summed E-state index contributed by atoms with van der Waals surface area (Å²) in [4.78, 5) is 13.5. The SMILES string of the molecule is O=S(=O)(Nc1nccc(Cl)n1)c1cnc[nH]1. The van der Waals surface area contributed by atoms with E-state index in [0.717, 1.165) is 0 Å². The molecule has 0 radical (unpaired) electrons. The summed E-state index contributed by atoms with van der Waals surface area (Å²) in [7, 11) is -3.74. The Balaban J connectivity index is 2.29. The zero-order chi connectivity index (χ0) is 11.6. The van der Waals surface area contributed by atoms with E-state index >= 15 is 0 Å². The Morgan fingerprint density at radius 1 is 1.44 bits per heavy atom. The summed E-state index contributed by atoms with van der Waals surface area (Å²) < 4.78 is 25.5. The quantitative estimate of drug-likeness (QED) is 0.789. The molecule has 0 saturated carbocycles. The van der Waals surface area contributed by atoms with Gasteiger partial charge in [0.05, 0.1) is 12.5 Å². The van der Waals surface area contributed by atoms with Crippen LogP contribution in [0.5, 0.6) is 0 Å². The van der Waals surface area contributed by atoms with Crippen LogP contribution in [0.2, 0.25) is 5.15 Å². The summed E-state index contributed by atoms with van der Waals surface area (Å²) in [6, 6.07) is 1.44. The number of aromatic nitrogens is 4. The minimum absolute atomic E-state index is 0.0731. The van der Waals surface area contributed by atoms with Crippen molar-refractivity contribution in [2.75, 3.05) is 4.72 Å². The van der Waals surface area contributed by atoms with Crippen molar-refractivity contribution in [1.82, 2.24) is 19.9 Å². The van der Waals surface area contributed by atoms with E-state index in [1.807, 2.05) is 0 Å². The zero-order valence-corrected chi connectivity index (χ0v) is 9.33. The molecule has 0 amide bonds. The maximum Gasteiger partial charge on any atom is 0.281 e. The van der Waals surface area contributed by atoms with Gasteiger partial charge in [-0.15, -0.1) is 0 Å². The first-order chi connectivity index (χ1) is 7.58. The van der Waals surface area contributed by atoms with Crippen LogP contribution in [0.25, 0.3) is 0 Å². The summed E-state index contributed by atoms with van der Waals surface area (Å²) in [5.74, 6) is -0.0953. The molecule has 0 unspecified atom stereocenters. The standard InChI is InChI=1S/C7H6ClN5O2S/c8-5-1-2-10-7(12-5)13-16(14,15)6-3-9-4-11-6/h1-4H,(H,9,11)(H,10,12,13). The molecule has 16 heavy (non-hydrogen) atoms. The number of imidazole rings is 1. The Kier molecular flexibility index (Phi) is 2.75. The smallest absolute Gasteiger partial charge is 0.281 e. The van der Waals surface area contributed by atoms with Crippen molar-refractivity contribution in [2.45, 2.75) is 5.03 Å². The lowest BCUT2D eigenvalue weighted by Crippen LogP contribution is -2.15. The predicted octanol–water partition coefficient (Wildman–Crippen LogP) is 0.654. The van der Waals surface area contributed by atoms with Gasteiger partial charge in [0.25, 0.3) is 10.0 Å². The molecular formula is C7H6ClN5O2S. The highest BCUT2D eigenvalue weighted by atomic mass is 35.5. The topological polar surface area (TPSA) is 101 Å². The number of anilines is 1. The van der Waals surface area contributed by atoms with E-state index in [9.17, 15) is 8.42 Å². The Labute approximate surface area is 96.0 Å². The van der Waals surface area contributed by atoms with Crippen molar-refractivity contribution in [2.24, 2.45) is 0 Å². The minimum atomic E-state index is -3.74. The Hall–Kier alpha value is -1.67. The molecule has 0 aliphatic rings. The van der Waals surface area contributed by atoms with Gasteiger partial charge in [-0.25, -0.2) is 19.7 Å². The molecule has 84 valence electrons. The number of aromatic amines is 1. The summed E-state index contributed by atoms with van der Waals surface area (Å²) in [5, 5.41) is 0.0772. The van der Waals surface area contributed by atoms with E-state index in [0.29, 0.717) is 0 Å². The van der Waals surface area contributed by atoms with Gasteiger partial charge in [-0.05, 0) is 6.07 Å². The maximum atomic E-state index is 11.7. The maximum absolute atomic E-state index is 11.7. The molecule has 7 nitrogen and oxygen atoms in total. The fourth-order valence-corrected chi connectivity index (χ4v) is 1.94. The van der Waals surface area contributed by atoms with E-state index in [1.54, 1.807) is 0 Å². The summed E-state index contributed by atoms with van der Waals surface area (Å²) >= 11 is 5.59. The van der Waals surface area contributed by atoms with Crippen molar-refractivity contribution in [3.63, 3.8) is 0 Å². The molecule has 0 bridgehead atoms. The van der Waals surface area contributed by atoms with Crippen molar-refractivity contribution in [3.05, 3.63) is 29.9 Å². The first-order valence-electron chi connectivity index (χ1n) is 4.08. The predicted molar refractivity (Wildman–Crippen MR) is 56.4 cm³/mol. The van der Waals surface area contributed by atoms with Gasteiger partial charge in [-0.3, -0.25) is 0 Å². The lowest BCUT2D eigenvalue weighted by Gasteiger charge is -2.03. The van der Waals surface area contributed by atoms with Gasteiger partial charge in [-0.1, -0.05) is 11.6 Å². The molecule has 2 rings (SSSR count). The number of nitrogens with zero attached hydrogens (tertiary/aromatic N) is 3. The molecule has 2 heterocycles. The minimum Gasteiger partial charge on any atom is -0.334 e. The molecule has 0 aliphatic heterocycles. The van der Waals surface area contributed by atoms with E-state index in [1.165, 1.54) is 24.8 Å². The average Bonchev–Trinajstić information content (AvgIpc) is 2.69. The third-order valence-electron chi connectivity index (χ3n) is 1.61. The summed E-state index contributed by atoms with van der Waals surface area (Å²) in [5.41, 5.74) is 0. The van der Waals surface area contributed by atoms with Gasteiger partial charge in [-0.2, -0.15) is 8.42 Å². The summed E-state index contributed by atoms with van der Waals surface area (Å²) in [6.45, 7) is 0. The first-order valence-corrected chi connectivity index (χ1v) is 5.94. The fraction of sp³-hybridized carbons (Fsp3) is 0. The van der Waals surface area contributed by atoms with Crippen LogP contribution in [-0.4, -0.2) is 28.4 Å². The molecular weight excluding hydrogens is 254 g/mol. The second kappa shape index (κ2) is 4.06. The highest BCUT2D eigenvalue weighted by Crippen LogP contribution is 2.11. The van der Waals surface area contributed by atoms with Crippen LogP contribution in [0.4, 0.5) is 5.95 Å². The second-order valence-corrected chi connectivity index (χ2v) is 4.76. The molecule has 9 heteroatoms. The average molecular weight is 260 g/mol. The third-order valence-corrected chi connectivity index (χ3v) is 3.07. The van der Waals surface area contributed by atoms with E-state index in [4.69, 9.17) is 11.6 Å². The molecule has 0 fully saturated rings. The molecule has 0 aliphatic carbocycles. The normalized spacial score (nSPS) is 11.3. The number of nitrogens with one attached hydrogen (secondary N) is 2. The van der Waals surface area contributed by atoms with E-state index in [2.05, 4.69) is 24.7 Å². The molecule has 2 aromatic heterocycles. The van der Waals surface area contributed by atoms with Crippen molar-refractivity contribution in [3.8, 4) is 0 Å². The summed E-state index contributed by atoms with van der Waals surface area (Å²) in [6.07, 6.45) is 3.78. The second-order valence-electron chi connectivity index (χ2n) is 2.72. The van der Waals surface area contributed by atoms with Crippen molar-refractivity contribution >= 4 is 27.6 Å². The van der Waals surface area contributed by atoms with Crippen molar-refractivity contribution < 1.29 is 8.42 Å². The first kappa shape index (κ1) is 10.8. The molecule has 0 aromatic carbocycles. The number of hydrogen-bond acceptors (Lipinski definition) is 5. The highest BCUT2D eigenvalue weighted by Gasteiger charge is 2.16. The molecule has 2 N–H and O–H groups in total. The van der Waals surface area contributed by atoms with Crippen LogP contribution >= 0.6 is 11.6 Å². The van der Waals surface area contributed by atoms with Gasteiger partial charge >= 0.3 is 0 Å². The largest absolute Gasteiger partial charge is 0.334 e. The number of hydrogen-bond donors (Lipinski definition) is 2. The molecule has 0 saturated heterocycles. The Morgan fingerprint density at radius 2 is 2.25 bits per heavy atom. The van der Waals surface area contributed by atoms with Gasteiger partial charge in [0.2, 0.25) is 5.95 Å². The number of H-pyrrole nitrogens is 1. The van der Waals surface area contributed by atoms with Crippen LogP contribution in [0, 0.1) is 0 Å². The van der Waals surface area contributed by atoms with Crippen LogP contribution in [0.3, 0.4) is 0 Å². The van der Waals surface area contributed by atoms with Crippen LogP contribution < -0.4 is 4.72 Å². The van der Waals surface area contributed by atoms with Crippen molar-refractivity contribution in [1.29, 1.82) is 0 Å². The van der Waals surface area contributed by atoms with Crippen LogP contribution in [0.1, 0.15) is 0 Å². The van der Waals surface area contributed by atoms with Gasteiger partial charge in [0.1, 0.15) is 5.15 Å². The molecule has 2 aromatic rings. The number of sulfonamides is 1. The lowest BCUT2D eigenvalue weighted by atomic mass is 10.7. The van der Waals surface area contributed by atoms with Gasteiger partial charge in [0, 0.05) is 6.20 Å². The monoisotopic (exact) mass is 259 g/mol. The zero-order valence-electron chi connectivity index (χ0n) is 7.75. The molecule has 0 atom stereocenters. The Bertz CT molecular complexity index is 583. The Morgan fingerprint density at radius 3 is 2.88 bits per heavy atom. The fourth-order valence-electron chi connectivity index (χ4n) is 0.951. The van der Waals surface area contributed by atoms with Crippen LogP contribution in [-0.2, 0) is 10.0 Å². The van der Waals surface area contributed by atoms with Gasteiger partial charge in [0.15, 0.2) is 5.03 Å². The third kappa shape index (κ3) is 2.28. The number of rotatable bonds is 3. The van der Waals surface area contributed by atoms with Crippen LogP contribution in [0.15, 0.2) is 29.8 Å².